The Bertz CT molecular complexity index is 1030. The Hall–Kier alpha value is -3.75. The summed E-state index contributed by atoms with van der Waals surface area (Å²) in [5.74, 6) is 0.0429. The van der Waals surface area contributed by atoms with E-state index in [0.29, 0.717) is 24.3 Å². The highest BCUT2D eigenvalue weighted by molar-refractivity contribution is 5.96. The number of hydrogen-bond donors (Lipinski definition) is 0. The normalized spacial score (nSPS) is 13.5. The lowest BCUT2D eigenvalue weighted by molar-refractivity contribution is -0.117. The first-order valence-corrected chi connectivity index (χ1v) is 9.36. The summed E-state index contributed by atoms with van der Waals surface area (Å²) < 4.78 is 28.5. The third-order valence-corrected chi connectivity index (χ3v) is 4.51. The molecule has 1 amide bonds. The summed E-state index contributed by atoms with van der Waals surface area (Å²) in [5, 5.41) is 3.75. The molecule has 8 nitrogen and oxygen atoms in total. The van der Waals surface area contributed by atoms with Gasteiger partial charge < -0.3 is 18.9 Å². The van der Waals surface area contributed by atoms with Crippen LogP contribution < -0.4 is 9.64 Å². The number of carbonyl (C=O) groups is 2. The Morgan fingerprint density at radius 1 is 1.10 bits per heavy atom. The highest BCUT2D eigenvalue weighted by atomic mass is 19.1. The average Bonchev–Trinajstić information content (AvgIpc) is 3.40. The molecule has 2 heterocycles. The molecule has 4 rings (SSSR count). The van der Waals surface area contributed by atoms with E-state index in [4.69, 9.17) is 14.0 Å². The first-order chi connectivity index (χ1) is 14.6. The number of benzene rings is 2. The maximum atomic E-state index is 12.9. The number of ether oxygens (including phenoxy) is 2. The highest BCUT2D eigenvalue weighted by Gasteiger charge is 2.22. The van der Waals surface area contributed by atoms with Crippen LogP contribution in [0.2, 0.25) is 0 Å². The van der Waals surface area contributed by atoms with Crippen molar-refractivity contribution < 1.29 is 28.0 Å². The largest absolute Gasteiger partial charge is 0.485 e. The van der Waals surface area contributed by atoms with Crippen molar-refractivity contribution in [2.24, 2.45) is 0 Å². The molecule has 2 aromatic carbocycles. The van der Waals surface area contributed by atoms with E-state index in [2.05, 4.69) is 10.1 Å². The van der Waals surface area contributed by atoms with Crippen LogP contribution in [0.15, 0.2) is 53.1 Å². The standard InChI is InChI=1S/C21H18FN3O5/c22-15-5-9-17(10-6-15)28-12-18-23-19(30-24-18)13-29-21(27)14-3-7-16(8-4-14)25-11-1-2-20(25)26/h3-10H,1-2,11-13H2. The summed E-state index contributed by atoms with van der Waals surface area (Å²) in [6, 6.07) is 12.2. The summed E-state index contributed by atoms with van der Waals surface area (Å²) in [7, 11) is 0. The Balaban J connectivity index is 1.27. The van der Waals surface area contributed by atoms with Crippen molar-refractivity contribution in [3.63, 3.8) is 0 Å². The van der Waals surface area contributed by atoms with Gasteiger partial charge in [0.05, 0.1) is 5.56 Å². The van der Waals surface area contributed by atoms with Gasteiger partial charge >= 0.3 is 5.97 Å². The van der Waals surface area contributed by atoms with E-state index < -0.39 is 5.97 Å². The molecular weight excluding hydrogens is 393 g/mol. The van der Waals surface area contributed by atoms with Crippen molar-refractivity contribution in [1.82, 2.24) is 10.1 Å². The van der Waals surface area contributed by atoms with Gasteiger partial charge in [-0.1, -0.05) is 5.16 Å². The molecule has 0 atom stereocenters. The van der Waals surface area contributed by atoms with Crippen LogP contribution >= 0.6 is 0 Å². The maximum Gasteiger partial charge on any atom is 0.338 e. The molecule has 9 heteroatoms. The molecule has 0 N–H and O–H groups in total. The van der Waals surface area contributed by atoms with E-state index in [-0.39, 0.29) is 36.7 Å². The SMILES string of the molecule is O=C(OCc1nc(COc2ccc(F)cc2)no1)c1ccc(N2CCCC2=O)cc1. The van der Waals surface area contributed by atoms with Gasteiger partial charge in [0.2, 0.25) is 11.7 Å². The van der Waals surface area contributed by atoms with Crippen LogP contribution in [0.1, 0.15) is 34.9 Å². The average molecular weight is 411 g/mol. The van der Waals surface area contributed by atoms with Crippen LogP contribution in [0, 0.1) is 5.82 Å². The quantitative estimate of drug-likeness (QED) is 0.551. The maximum absolute atomic E-state index is 12.9. The van der Waals surface area contributed by atoms with Gasteiger partial charge in [-0.2, -0.15) is 4.98 Å². The number of nitrogens with zero attached hydrogens (tertiary/aromatic N) is 3. The van der Waals surface area contributed by atoms with Crippen molar-refractivity contribution >= 4 is 17.6 Å². The number of esters is 1. The zero-order valence-electron chi connectivity index (χ0n) is 15.9. The third kappa shape index (κ3) is 4.62. The minimum atomic E-state index is -0.545. The highest BCUT2D eigenvalue weighted by Crippen LogP contribution is 2.22. The minimum absolute atomic E-state index is 0.0275. The fraction of sp³-hybridized carbons (Fsp3) is 0.238. The van der Waals surface area contributed by atoms with Gasteiger partial charge in [-0.3, -0.25) is 4.79 Å². The predicted octanol–water partition coefficient (Wildman–Crippen LogP) is 3.27. The molecule has 0 unspecified atom stereocenters. The Labute approximate surface area is 171 Å². The lowest BCUT2D eigenvalue weighted by Gasteiger charge is -2.15. The van der Waals surface area contributed by atoms with Gasteiger partial charge in [-0.25, -0.2) is 9.18 Å². The van der Waals surface area contributed by atoms with Crippen LogP contribution in [0.25, 0.3) is 0 Å². The first-order valence-electron chi connectivity index (χ1n) is 9.36. The molecule has 0 bridgehead atoms. The molecule has 1 aliphatic heterocycles. The Morgan fingerprint density at radius 3 is 2.57 bits per heavy atom. The second-order valence-corrected chi connectivity index (χ2v) is 6.62. The van der Waals surface area contributed by atoms with E-state index in [0.717, 1.165) is 12.1 Å². The summed E-state index contributed by atoms with van der Waals surface area (Å²) >= 11 is 0. The predicted molar refractivity (Wildman–Crippen MR) is 102 cm³/mol. The van der Waals surface area contributed by atoms with E-state index in [1.54, 1.807) is 29.2 Å². The first kappa shape index (κ1) is 19.6. The number of carbonyl (C=O) groups excluding carboxylic acids is 2. The van der Waals surface area contributed by atoms with Gasteiger partial charge in [0.15, 0.2) is 13.2 Å². The number of halogens is 1. The second kappa shape index (κ2) is 8.73. The van der Waals surface area contributed by atoms with Crippen LogP contribution in [0.4, 0.5) is 10.1 Å². The third-order valence-electron chi connectivity index (χ3n) is 4.51. The smallest absolute Gasteiger partial charge is 0.338 e. The molecule has 0 radical (unpaired) electrons. The van der Waals surface area contributed by atoms with Crippen LogP contribution in [-0.2, 0) is 22.7 Å². The number of anilines is 1. The summed E-state index contributed by atoms with van der Waals surface area (Å²) in [5.41, 5.74) is 1.11. The van der Waals surface area contributed by atoms with E-state index in [1.807, 2.05) is 0 Å². The Kier molecular flexibility index (Phi) is 5.69. The van der Waals surface area contributed by atoms with Crippen LogP contribution in [-0.4, -0.2) is 28.6 Å². The monoisotopic (exact) mass is 411 g/mol. The van der Waals surface area contributed by atoms with Crippen LogP contribution in [0.3, 0.4) is 0 Å². The molecular formula is C21H18FN3O5. The van der Waals surface area contributed by atoms with Gasteiger partial charge in [0, 0.05) is 18.7 Å². The van der Waals surface area contributed by atoms with Gasteiger partial charge in [0.1, 0.15) is 11.6 Å². The van der Waals surface area contributed by atoms with Crippen molar-refractivity contribution in [3.8, 4) is 5.75 Å². The minimum Gasteiger partial charge on any atom is -0.485 e. The molecule has 0 spiro atoms. The number of hydrogen-bond acceptors (Lipinski definition) is 7. The zero-order valence-corrected chi connectivity index (χ0v) is 15.9. The van der Waals surface area contributed by atoms with Crippen molar-refractivity contribution in [1.29, 1.82) is 0 Å². The van der Waals surface area contributed by atoms with Crippen molar-refractivity contribution in [2.45, 2.75) is 26.1 Å². The van der Waals surface area contributed by atoms with Crippen LogP contribution in [0.5, 0.6) is 5.75 Å². The topological polar surface area (TPSA) is 94.8 Å². The van der Waals surface area contributed by atoms with Gasteiger partial charge in [-0.15, -0.1) is 0 Å². The molecule has 154 valence electrons. The Morgan fingerprint density at radius 2 is 1.87 bits per heavy atom. The molecule has 1 saturated heterocycles. The summed E-state index contributed by atoms with van der Waals surface area (Å²) in [6.07, 6.45) is 1.38. The van der Waals surface area contributed by atoms with Crippen molar-refractivity contribution in [2.75, 3.05) is 11.4 Å². The zero-order chi connectivity index (χ0) is 20.9. The number of aromatic nitrogens is 2. The molecule has 30 heavy (non-hydrogen) atoms. The fourth-order valence-electron chi connectivity index (χ4n) is 3.00. The number of amides is 1. The lowest BCUT2D eigenvalue weighted by Crippen LogP contribution is -2.23. The van der Waals surface area contributed by atoms with Gasteiger partial charge in [0.25, 0.3) is 5.89 Å². The van der Waals surface area contributed by atoms with Crippen molar-refractivity contribution in [3.05, 3.63) is 71.6 Å². The van der Waals surface area contributed by atoms with Gasteiger partial charge in [-0.05, 0) is 55.0 Å². The van der Waals surface area contributed by atoms with E-state index in [9.17, 15) is 14.0 Å². The molecule has 1 fully saturated rings. The molecule has 0 saturated carbocycles. The molecule has 1 aliphatic rings. The van der Waals surface area contributed by atoms with E-state index >= 15 is 0 Å². The number of rotatable bonds is 7. The fourth-order valence-corrected chi connectivity index (χ4v) is 3.00. The molecule has 1 aromatic heterocycles. The van der Waals surface area contributed by atoms with E-state index in [1.165, 1.54) is 24.3 Å². The second-order valence-electron chi connectivity index (χ2n) is 6.62. The lowest BCUT2D eigenvalue weighted by atomic mass is 10.2. The summed E-state index contributed by atoms with van der Waals surface area (Å²) in [4.78, 5) is 29.8. The molecule has 3 aromatic rings. The summed E-state index contributed by atoms with van der Waals surface area (Å²) in [6.45, 7) is 0.529. The molecule has 0 aliphatic carbocycles.